The van der Waals surface area contributed by atoms with Crippen molar-refractivity contribution in [1.29, 1.82) is 5.41 Å². The maximum absolute atomic E-state index is 7.37. The molecule has 0 amide bonds. The summed E-state index contributed by atoms with van der Waals surface area (Å²) in [6.07, 6.45) is 2.00. The molecule has 1 heterocycles. The Kier molecular flexibility index (Phi) is 2.05. The number of nitrogens with one attached hydrogen (secondary N) is 2. The normalized spacial score (nSPS) is 19.2. The van der Waals surface area contributed by atoms with E-state index in [0.29, 0.717) is 0 Å². The minimum absolute atomic E-state index is 0.733. The van der Waals surface area contributed by atoms with Crippen molar-refractivity contribution in [2.24, 2.45) is 0 Å². The van der Waals surface area contributed by atoms with E-state index in [4.69, 9.17) is 5.41 Å². The van der Waals surface area contributed by atoms with Crippen LogP contribution in [0, 0.1) is 5.41 Å². The van der Waals surface area contributed by atoms with Crippen LogP contribution in [-0.4, -0.2) is 23.9 Å². The Bertz CT molecular complexity index is 111. The molecule has 1 fully saturated rings. The number of hydrogen-bond acceptors (Lipinski definition) is 2. The Morgan fingerprint density at radius 3 is 3.00 bits per heavy atom. The van der Waals surface area contributed by atoms with Crippen LogP contribution in [0.5, 0.6) is 0 Å². The molecular weight excluding hydrogens is 114 g/mol. The smallest absolute Gasteiger partial charge is 0.112 e. The molecule has 0 spiro atoms. The van der Waals surface area contributed by atoms with Crippen molar-refractivity contribution in [2.75, 3.05) is 13.1 Å². The van der Waals surface area contributed by atoms with Gasteiger partial charge in [-0.25, -0.2) is 5.43 Å². The summed E-state index contributed by atoms with van der Waals surface area (Å²) in [5.41, 5.74) is 3.12. The van der Waals surface area contributed by atoms with Crippen molar-refractivity contribution in [3.63, 3.8) is 0 Å². The molecule has 0 atom stereocenters. The van der Waals surface area contributed by atoms with Gasteiger partial charge in [0.2, 0.25) is 0 Å². The van der Waals surface area contributed by atoms with Crippen LogP contribution in [0.15, 0.2) is 0 Å². The summed E-state index contributed by atoms with van der Waals surface area (Å²) in [5.74, 6) is 0.733. The zero-order valence-corrected chi connectivity index (χ0v) is 5.78. The predicted molar refractivity (Wildman–Crippen MR) is 37.3 cm³/mol. The first-order valence-electron chi connectivity index (χ1n) is 3.43. The molecule has 0 bridgehead atoms. The summed E-state index contributed by atoms with van der Waals surface area (Å²) in [6.45, 7) is 4.03. The second-order valence-corrected chi connectivity index (χ2v) is 2.26. The van der Waals surface area contributed by atoms with Gasteiger partial charge in [-0.3, -0.25) is 10.4 Å². The predicted octanol–water partition coefficient (Wildman–Crippen LogP) is 0.584. The van der Waals surface area contributed by atoms with Crippen molar-refractivity contribution in [1.82, 2.24) is 10.4 Å². The van der Waals surface area contributed by atoms with Crippen LogP contribution in [-0.2, 0) is 0 Å². The molecule has 0 aromatic rings. The van der Waals surface area contributed by atoms with Crippen LogP contribution >= 0.6 is 0 Å². The highest BCUT2D eigenvalue weighted by molar-refractivity contribution is 5.80. The largest absolute Gasteiger partial charge is 0.296 e. The van der Waals surface area contributed by atoms with Crippen molar-refractivity contribution in [3.8, 4) is 0 Å². The fourth-order valence-electron chi connectivity index (χ4n) is 0.977. The minimum Gasteiger partial charge on any atom is -0.296 e. The molecule has 1 aliphatic rings. The molecule has 9 heavy (non-hydrogen) atoms. The van der Waals surface area contributed by atoms with E-state index in [1.807, 2.05) is 5.01 Å². The van der Waals surface area contributed by atoms with Gasteiger partial charge in [-0.2, -0.15) is 0 Å². The van der Waals surface area contributed by atoms with Crippen LogP contribution in [0.3, 0.4) is 0 Å². The highest BCUT2D eigenvalue weighted by Gasteiger charge is 2.13. The van der Waals surface area contributed by atoms with Crippen LogP contribution in [0.2, 0.25) is 0 Å². The molecule has 2 N–H and O–H groups in total. The van der Waals surface area contributed by atoms with Crippen LogP contribution < -0.4 is 5.43 Å². The van der Waals surface area contributed by atoms with Crippen molar-refractivity contribution >= 4 is 5.84 Å². The first-order valence-corrected chi connectivity index (χ1v) is 3.43. The van der Waals surface area contributed by atoms with E-state index in [1.165, 1.54) is 0 Å². The molecule has 3 nitrogen and oxygen atoms in total. The second-order valence-electron chi connectivity index (χ2n) is 2.26. The molecule has 1 aliphatic heterocycles. The molecule has 1 rings (SSSR count). The van der Waals surface area contributed by atoms with Gasteiger partial charge in [-0.1, -0.05) is 6.92 Å². The van der Waals surface area contributed by atoms with Gasteiger partial charge in [0, 0.05) is 19.5 Å². The number of hydrogen-bond donors (Lipinski definition) is 2. The maximum Gasteiger partial charge on any atom is 0.112 e. The van der Waals surface area contributed by atoms with Gasteiger partial charge in [0.1, 0.15) is 5.84 Å². The summed E-state index contributed by atoms with van der Waals surface area (Å²) < 4.78 is 0. The number of hydrazine groups is 1. The van der Waals surface area contributed by atoms with E-state index >= 15 is 0 Å². The summed E-state index contributed by atoms with van der Waals surface area (Å²) in [5, 5.41) is 9.29. The monoisotopic (exact) mass is 127 g/mol. The van der Waals surface area contributed by atoms with Crippen LogP contribution in [0.1, 0.15) is 19.8 Å². The van der Waals surface area contributed by atoms with Crippen LogP contribution in [0.25, 0.3) is 0 Å². The Hall–Kier alpha value is -0.570. The van der Waals surface area contributed by atoms with Gasteiger partial charge >= 0.3 is 0 Å². The van der Waals surface area contributed by atoms with Gasteiger partial charge in [-0.15, -0.1) is 0 Å². The van der Waals surface area contributed by atoms with Gasteiger partial charge < -0.3 is 0 Å². The minimum atomic E-state index is 0.733. The lowest BCUT2D eigenvalue weighted by atomic mass is 10.4. The van der Waals surface area contributed by atoms with E-state index in [9.17, 15) is 0 Å². The Morgan fingerprint density at radius 1 is 1.78 bits per heavy atom. The van der Waals surface area contributed by atoms with E-state index in [-0.39, 0.29) is 0 Å². The Balaban J connectivity index is 2.31. The molecule has 52 valence electrons. The first kappa shape index (κ1) is 6.55. The van der Waals surface area contributed by atoms with E-state index in [2.05, 4.69) is 12.3 Å². The summed E-state index contributed by atoms with van der Waals surface area (Å²) in [6, 6.07) is 0. The first-order chi connectivity index (χ1) is 4.34. The highest BCUT2D eigenvalue weighted by Crippen LogP contribution is 1.98. The molecule has 0 saturated carbocycles. The van der Waals surface area contributed by atoms with Crippen molar-refractivity contribution in [2.45, 2.75) is 19.8 Å². The number of amidine groups is 1. The van der Waals surface area contributed by atoms with E-state index in [1.54, 1.807) is 0 Å². The lowest BCUT2D eigenvalue weighted by Crippen LogP contribution is -2.34. The lowest BCUT2D eigenvalue weighted by molar-refractivity contribution is 0.346. The average molecular weight is 127 g/mol. The fraction of sp³-hybridized carbons (Fsp3) is 0.833. The number of nitrogens with zero attached hydrogens (tertiary/aromatic N) is 1. The molecule has 0 aromatic heterocycles. The standard InChI is InChI=1S/C6H13N3/c1-2-5-9-6(7)3-4-8-9/h7-8H,2-5H2,1H3. The molecule has 0 unspecified atom stereocenters. The molecule has 1 saturated heterocycles. The highest BCUT2D eigenvalue weighted by atomic mass is 15.5. The topological polar surface area (TPSA) is 39.1 Å². The van der Waals surface area contributed by atoms with E-state index in [0.717, 1.165) is 31.8 Å². The summed E-state index contributed by atoms with van der Waals surface area (Å²) >= 11 is 0. The Labute approximate surface area is 55.5 Å². The van der Waals surface area contributed by atoms with Crippen molar-refractivity contribution < 1.29 is 0 Å². The molecular formula is C6H13N3. The number of rotatable bonds is 2. The molecule has 0 aliphatic carbocycles. The third-order valence-corrected chi connectivity index (χ3v) is 1.44. The van der Waals surface area contributed by atoms with Gasteiger partial charge in [0.25, 0.3) is 0 Å². The Morgan fingerprint density at radius 2 is 2.56 bits per heavy atom. The average Bonchev–Trinajstić information content (AvgIpc) is 2.18. The zero-order chi connectivity index (χ0) is 6.69. The third kappa shape index (κ3) is 1.42. The SMILES string of the molecule is CCCN1NCCC1=N. The zero-order valence-electron chi connectivity index (χ0n) is 5.78. The van der Waals surface area contributed by atoms with Crippen molar-refractivity contribution in [3.05, 3.63) is 0 Å². The summed E-state index contributed by atoms with van der Waals surface area (Å²) in [7, 11) is 0. The molecule has 0 aromatic carbocycles. The molecule has 3 heteroatoms. The lowest BCUT2D eigenvalue weighted by Gasteiger charge is -2.15. The second kappa shape index (κ2) is 2.82. The summed E-state index contributed by atoms with van der Waals surface area (Å²) in [4.78, 5) is 0. The van der Waals surface area contributed by atoms with Gasteiger partial charge in [-0.05, 0) is 6.42 Å². The maximum atomic E-state index is 7.37. The fourth-order valence-corrected chi connectivity index (χ4v) is 0.977. The quantitative estimate of drug-likeness (QED) is 0.569. The van der Waals surface area contributed by atoms with Crippen LogP contribution in [0.4, 0.5) is 0 Å². The molecule has 0 radical (unpaired) electrons. The third-order valence-electron chi connectivity index (χ3n) is 1.44. The van der Waals surface area contributed by atoms with Gasteiger partial charge in [0.05, 0.1) is 0 Å². The van der Waals surface area contributed by atoms with E-state index < -0.39 is 0 Å². The van der Waals surface area contributed by atoms with Gasteiger partial charge in [0.15, 0.2) is 0 Å².